The number of nitrogens with two attached hydrogens (primary N) is 1. The number of carboxylic acid groups (broad SMARTS) is 2. The Hall–Kier alpha value is -4.25. The fourth-order valence-electron chi connectivity index (χ4n) is 3.85. The van der Waals surface area contributed by atoms with Gasteiger partial charge in [0.2, 0.25) is 17.7 Å². The molecule has 0 saturated heterocycles. The Labute approximate surface area is 227 Å². The summed E-state index contributed by atoms with van der Waals surface area (Å²) in [6.45, 7) is 3.40. The number of hydrogen-bond donors (Lipinski definition) is 6. The molecule has 4 atom stereocenters. The zero-order valence-electron chi connectivity index (χ0n) is 22.0. The van der Waals surface area contributed by atoms with Crippen LogP contribution in [0, 0.1) is 5.92 Å². The lowest BCUT2D eigenvalue weighted by Crippen LogP contribution is -2.59. The molecule has 0 saturated carbocycles. The smallest absolute Gasteiger partial charge is 0.326 e. The Bertz CT molecular complexity index is 1130. The Morgan fingerprint density at radius 3 is 1.67 bits per heavy atom. The van der Waals surface area contributed by atoms with Gasteiger partial charge >= 0.3 is 11.9 Å². The van der Waals surface area contributed by atoms with Crippen molar-refractivity contribution in [3.63, 3.8) is 0 Å². The highest BCUT2D eigenvalue weighted by Crippen LogP contribution is 2.09. The number of amides is 3. The predicted octanol–water partition coefficient (Wildman–Crippen LogP) is 0.859. The third-order valence-electron chi connectivity index (χ3n) is 6.07. The molecule has 2 rings (SSSR count). The minimum absolute atomic E-state index is 0.0571. The fraction of sp³-hybridized carbons (Fsp3) is 0.393. The van der Waals surface area contributed by atoms with Gasteiger partial charge in [-0.15, -0.1) is 0 Å². The van der Waals surface area contributed by atoms with Crippen LogP contribution >= 0.6 is 0 Å². The molecule has 0 radical (unpaired) electrons. The molecule has 7 N–H and O–H groups in total. The standard InChI is InChI=1S/C28H36N4O7/c1-17(2)24(27(37)31-22(28(38)39)16-19-11-7-4-8-12-19)32-26(36)21(15-18-9-5-3-6-10-18)30-25(35)20(29)13-14-23(33)34/h3-12,17,20-22,24H,13-16,29H2,1-2H3,(H,30,35)(H,31,37)(H,32,36)(H,33,34)(H,38,39). The molecular weight excluding hydrogens is 504 g/mol. The van der Waals surface area contributed by atoms with Gasteiger partial charge in [-0.25, -0.2) is 4.79 Å². The number of carboxylic acids is 2. The molecule has 0 spiro atoms. The molecular formula is C28H36N4O7. The van der Waals surface area contributed by atoms with Crippen molar-refractivity contribution in [3.8, 4) is 0 Å². The van der Waals surface area contributed by atoms with Gasteiger partial charge in [0.25, 0.3) is 0 Å². The van der Waals surface area contributed by atoms with Crippen molar-refractivity contribution in [2.45, 2.75) is 63.7 Å². The van der Waals surface area contributed by atoms with Gasteiger partial charge in [0.05, 0.1) is 6.04 Å². The van der Waals surface area contributed by atoms with E-state index in [1.807, 2.05) is 0 Å². The Kier molecular flexibility index (Phi) is 12.1. The third-order valence-corrected chi connectivity index (χ3v) is 6.07. The van der Waals surface area contributed by atoms with Crippen LogP contribution in [0.15, 0.2) is 60.7 Å². The van der Waals surface area contributed by atoms with E-state index in [1.54, 1.807) is 74.5 Å². The maximum atomic E-state index is 13.3. The topological polar surface area (TPSA) is 188 Å². The van der Waals surface area contributed by atoms with Gasteiger partial charge in [0.1, 0.15) is 18.1 Å². The van der Waals surface area contributed by atoms with Crippen LogP contribution in [0.5, 0.6) is 0 Å². The normalized spacial score (nSPS) is 13.9. The number of rotatable bonds is 15. The first-order valence-corrected chi connectivity index (χ1v) is 12.7. The highest BCUT2D eigenvalue weighted by Gasteiger charge is 2.32. The monoisotopic (exact) mass is 540 g/mol. The van der Waals surface area contributed by atoms with E-state index in [2.05, 4.69) is 16.0 Å². The molecule has 39 heavy (non-hydrogen) atoms. The number of aliphatic carboxylic acids is 2. The number of carbonyl (C=O) groups excluding carboxylic acids is 3. The molecule has 2 aromatic rings. The zero-order valence-corrected chi connectivity index (χ0v) is 22.0. The molecule has 4 unspecified atom stereocenters. The van der Waals surface area contributed by atoms with Crippen molar-refractivity contribution in [3.05, 3.63) is 71.8 Å². The van der Waals surface area contributed by atoms with Crippen molar-refractivity contribution in [1.82, 2.24) is 16.0 Å². The molecule has 0 fully saturated rings. The van der Waals surface area contributed by atoms with Crippen molar-refractivity contribution < 1.29 is 34.2 Å². The highest BCUT2D eigenvalue weighted by molar-refractivity contribution is 5.94. The fourth-order valence-corrected chi connectivity index (χ4v) is 3.85. The van der Waals surface area contributed by atoms with E-state index in [0.29, 0.717) is 0 Å². The summed E-state index contributed by atoms with van der Waals surface area (Å²) >= 11 is 0. The van der Waals surface area contributed by atoms with Crippen LogP contribution < -0.4 is 21.7 Å². The molecule has 0 aromatic heterocycles. The van der Waals surface area contributed by atoms with Gasteiger partial charge < -0.3 is 31.9 Å². The summed E-state index contributed by atoms with van der Waals surface area (Å²) in [5.41, 5.74) is 7.28. The molecule has 2 aromatic carbocycles. The second-order valence-electron chi connectivity index (χ2n) is 9.61. The first-order chi connectivity index (χ1) is 18.5. The number of benzene rings is 2. The number of carbonyl (C=O) groups is 5. The summed E-state index contributed by atoms with van der Waals surface area (Å²) in [5, 5.41) is 26.3. The Morgan fingerprint density at radius 1 is 0.718 bits per heavy atom. The van der Waals surface area contributed by atoms with Crippen LogP contribution in [0.1, 0.15) is 37.8 Å². The summed E-state index contributed by atoms with van der Waals surface area (Å²) in [6.07, 6.45) is -0.285. The average Bonchev–Trinajstić information content (AvgIpc) is 2.90. The quantitative estimate of drug-likeness (QED) is 0.192. The van der Waals surface area contributed by atoms with Gasteiger partial charge in [-0.05, 0) is 23.5 Å². The third kappa shape index (κ3) is 10.6. The van der Waals surface area contributed by atoms with E-state index in [0.717, 1.165) is 11.1 Å². The molecule has 0 heterocycles. The maximum Gasteiger partial charge on any atom is 0.326 e. The summed E-state index contributed by atoms with van der Waals surface area (Å²) in [6, 6.07) is 13.1. The lowest BCUT2D eigenvalue weighted by molar-refractivity contribution is -0.142. The molecule has 210 valence electrons. The van der Waals surface area contributed by atoms with Crippen LogP contribution in [0.25, 0.3) is 0 Å². The first-order valence-electron chi connectivity index (χ1n) is 12.7. The molecule has 0 aliphatic carbocycles. The van der Waals surface area contributed by atoms with Gasteiger partial charge in [-0.1, -0.05) is 74.5 Å². The van der Waals surface area contributed by atoms with Crippen LogP contribution in [0.4, 0.5) is 0 Å². The molecule has 0 bridgehead atoms. The SMILES string of the molecule is CC(C)C(NC(=O)C(Cc1ccccc1)NC(=O)C(N)CCC(=O)O)C(=O)NC(Cc1ccccc1)C(=O)O. The maximum absolute atomic E-state index is 13.3. The van der Waals surface area contributed by atoms with Gasteiger partial charge in [-0.2, -0.15) is 0 Å². The lowest BCUT2D eigenvalue weighted by Gasteiger charge is -2.27. The molecule has 0 aliphatic heterocycles. The predicted molar refractivity (Wildman–Crippen MR) is 143 cm³/mol. The van der Waals surface area contributed by atoms with Crippen molar-refractivity contribution in [2.75, 3.05) is 0 Å². The van der Waals surface area contributed by atoms with E-state index in [4.69, 9.17) is 10.8 Å². The molecule has 11 nitrogen and oxygen atoms in total. The second kappa shape index (κ2) is 15.2. The summed E-state index contributed by atoms with van der Waals surface area (Å²) in [7, 11) is 0. The van der Waals surface area contributed by atoms with Crippen molar-refractivity contribution in [2.24, 2.45) is 11.7 Å². The Morgan fingerprint density at radius 2 is 1.21 bits per heavy atom. The van der Waals surface area contributed by atoms with Crippen LogP contribution in [0.3, 0.4) is 0 Å². The lowest BCUT2D eigenvalue weighted by atomic mass is 9.99. The summed E-state index contributed by atoms with van der Waals surface area (Å²) in [4.78, 5) is 61.8. The molecule has 0 aliphatic rings. The van der Waals surface area contributed by atoms with E-state index in [-0.39, 0.29) is 25.7 Å². The van der Waals surface area contributed by atoms with Crippen molar-refractivity contribution >= 4 is 29.7 Å². The van der Waals surface area contributed by atoms with E-state index in [1.165, 1.54) is 0 Å². The minimum atomic E-state index is -1.22. The molecule has 11 heteroatoms. The van der Waals surface area contributed by atoms with E-state index >= 15 is 0 Å². The van der Waals surface area contributed by atoms with Crippen LogP contribution in [-0.4, -0.2) is 64.0 Å². The average molecular weight is 541 g/mol. The minimum Gasteiger partial charge on any atom is -0.481 e. The number of hydrogen-bond acceptors (Lipinski definition) is 6. The first kappa shape index (κ1) is 31.0. The number of nitrogens with one attached hydrogen (secondary N) is 3. The van der Waals surface area contributed by atoms with E-state index in [9.17, 15) is 29.1 Å². The highest BCUT2D eigenvalue weighted by atomic mass is 16.4. The zero-order chi connectivity index (χ0) is 28.9. The van der Waals surface area contributed by atoms with Crippen molar-refractivity contribution in [1.29, 1.82) is 0 Å². The largest absolute Gasteiger partial charge is 0.481 e. The summed E-state index contributed by atoms with van der Waals surface area (Å²) < 4.78 is 0. The second-order valence-corrected chi connectivity index (χ2v) is 9.61. The molecule has 3 amide bonds. The van der Waals surface area contributed by atoms with E-state index < -0.39 is 59.7 Å². The Balaban J connectivity index is 2.17. The summed E-state index contributed by atoms with van der Waals surface area (Å²) in [5.74, 6) is -4.77. The van der Waals surface area contributed by atoms with Crippen LogP contribution in [-0.2, 0) is 36.8 Å². The van der Waals surface area contributed by atoms with Gasteiger partial charge in [0, 0.05) is 19.3 Å². The van der Waals surface area contributed by atoms with Gasteiger partial charge in [-0.3, -0.25) is 19.2 Å². The van der Waals surface area contributed by atoms with Crippen LogP contribution in [0.2, 0.25) is 0 Å². The van der Waals surface area contributed by atoms with Gasteiger partial charge in [0.15, 0.2) is 0 Å².